The number of carboxylic acids is 1. The van der Waals surface area contributed by atoms with Crippen molar-refractivity contribution in [2.75, 3.05) is 11.9 Å². The molecular weight excluding hydrogens is 248 g/mol. The SMILES string of the molecule is CC(C)=CCNc1cc(C(=O)O)cc([N+](=O)[O-])c1C. The van der Waals surface area contributed by atoms with Gasteiger partial charge < -0.3 is 10.4 Å². The maximum Gasteiger partial charge on any atom is 0.336 e. The van der Waals surface area contributed by atoms with Gasteiger partial charge in [-0.1, -0.05) is 11.6 Å². The molecule has 6 heteroatoms. The highest BCUT2D eigenvalue weighted by Crippen LogP contribution is 2.27. The first-order chi connectivity index (χ1) is 8.82. The van der Waals surface area contributed by atoms with Gasteiger partial charge in [-0.15, -0.1) is 0 Å². The molecule has 0 bridgehead atoms. The molecule has 0 saturated carbocycles. The Labute approximate surface area is 110 Å². The van der Waals surface area contributed by atoms with Crippen molar-refractivity contribution in [2.24, 2.45) is 0 Å². The number of carboxylic acid groups (broad SMARTS) is 1. The molecule has 0 unspecified atom stereocenters. The summed E-state index contributed by atoms with van der Waals surface area (Å²) in [7, 11) is 0. The van der Waals surface area contributed by atoms with Crippen molar-refractivity contribution in [1.82, 2.24) is 0 Å². The molecule has 6 nitrogen and oxygen atoms in total. The molecule has 0 fully saturated rings. The van der Waals surface area contributed by atoms with E-state index in [9.17, 15) is 14.9 Å². The molecule has 1 rings (SSSR count). The van der Waals surface area contributed by atoms with Gasteiger partial charge >= 0.3 is 5.97 Å². The number of nitrogens with one attached hydrogen (secondary N) is 1. The molecule has 0 saturated heterocycles. The summed E-state index contributed by atoms with van der Waals surface area (Å²) in [6.45, 7) is 5.95. The summed E-state index contributed by atoms with van der Waals surface area (Å²) in [5.41, 5.74) is 1.70. The van der Waals surface area contributed by atoms with Crippen molar-refractivity contribution in [3.63, 3.8) is 0 Å². The average molecular weight is 264 g/mol. The van der Waals surface area contributed by atoms with E-state index in [1.165, 1.54) is 6.07 Å². The summed E-state index contributed by atoms with van der Waals surface area (Å²) in [6, 6.07) is 2.48. The Morgan fingerprint density at radius 1 is 1.47 bits per heavy atom. The standard InChI is InChI=1S/C13H16N2O4/c1-8(2)4-5-14-11-6-10(13(16)17)7-12(9(11)3)15(18)19/h4,6-7,14H,5H2,1-3H3,(H,16,17). The normalized spacial score (nSPS) is 9.84. The number of anilines is 1. The largest absolute Gasteiger partial charge is 0.478 e. The summed E-state index contributed by atoms with van der Waals surface area (Å²) in [5, 5.41) is 22.9. The first-order valence-corrected chi connectivity index (χ1v) is 5.72. The van der Waals surface area contributed by atoms with E-state index in [1.54, 1.807) is 6.92 Å². The lowest BCUT2D eigenvalue weighted by molar-refractivity contribution is -0.385. The molecule has 2 N–H and O–H groups in total. The Hall–Kier alpha value is -2.37. The van der Waals surface area contributed by atoms with Crippen LogP contribution >= 0.6 is 0 Å². The third-order valence-corrected chi connectivity index (χ3v) is 2.63. The lowest BCUT2D eigenvalue weighted by atomic mass is 10.1. The second-order valence-corrected chi connectivity index (χ2v) is 4.39. The minimum Gasteiger partial charge on any atom is -0.478 e. The molecule has 0 aliphatic heterocycles. The molecule has 0 aliphatic carbocycles. The Balaban J connectivity index is 3.18. The molecule has 19 heavy (non-hydrogen) atoms. The number of carbonyl (C=O) groups is 1. The highest BCUT2D eigenvalue weighted by Gasteiger charge is 2.18. The van der Waals surface area contributed by atoms with Crippen LogP contribution in [0.5, 0.6) is 0 Å². The summed E-state index contributed by atoms with van der Waals surface area (Å²) in [4.78, 5) is 21.3. The van der Waals surface area contributed by atoms with Crippen LogP contribution in [0.1, 0.15) is 29.8 Å². The molecule has 0 amide bonds. The molecule has 0 radical (unpaired) electrons. The molecule has 0 aliphatic rings. The van der Waals surface area contributed by atoms with E-state index in [0.29, 0.717) is 17.8 Å². The molecule has 0 aromatic heterocycles. The summed E-state index contributed by atoms with van der Waals surface area (Å²) >= 11 is 0. The Bertz CT molecular complexity index is 546. The molecule has 1 aromatic rings. The van der Waals surface area contributed by atoms with Crippen LogP contribution in [0.2, 0.25) is 0 Å². The van der Waals surface area contributed by atoms with Crippen LogP contribution in [0.15, 0.2) is 23.8 Å². The Morgan fingerprint density at radius 2 is 2.11 bits per heavy atom. The van der Waals surface area contributed by atoms with E-state index in [4.69, 9.17) is 5.11 Å². The van der Waals surface area contributed by atoms with E-state index in [0.717, 1.165) is 11.6 Å². The number of nitro benzene ring substituents is 1. The van der Waals surface area contributed by atoms with E-state index in [1.807, 2.05) is 19.9 Å². The smallest absolute Gasteiger partial charge is 0.336 e. The molecule has 0 atom stereocenters. The molecular formula is C13H16N2O4. The van der Waals surface area contributed by atoms with Gasteiger partial charge in [-0.25, -0.2) is 4.79 Å². The minimum absolute atomic E-state index is 0.1000. The van der Waals surface area contributed by atoms with E-state index in [-0.39, 0.29) is 11.3 Å². The summed E-state index contributed by atoms with van der Waals surface area (Å²) in [5.74, 6) is -1.19. The lowest BCUT2D eigenvalue weighted by Crippen LogP contribution is -2.06. The zero-order chi connectivity index (χ0) is 14.6. The van der Waals surface area contributed by atoms with Gasteiger partial charge in [0.15, 0.2) is 0 Å². The van der Waals surface area contributed by atoms with Crippen molar-refractivity contribution in [3.8, 4) is 0 Å². The summed E-state index contributed by atoms with van der Waals surface area (Å²) in [6.07, 6.45) is 1.92. The number of benzene rings is 1. The fourth-order valence-electron chi connectivity index (χ4n) is 1.56. The third kappa shape index (κ3) is 3.80. The molecule has 0 spiro atoms. The number of aromatic carboxylic acids is 1. The van der Waals surface area contributed by atoms with Gasteiger partial charge in [-0.3, -0.25) is 10.1 Å². The molecule has 0 heterocycles. The third-order valence-electron chi connectivity index (χ3n) is 2.63. The second-order valence-electron chi connectivity index (χ2n) is 4.39. The van der Waals surface area contributed by atoms with Gasteiger partial charge in [0.1, 0.15) is 0 Å². The zero-order valence-corrected chi connectivity index (χ0v) is 11.1. The van der Waals surface area contributed by atoms with Gasteiger partial charge in [0, 0.05) is 23.9 Å². The number of allylic oxidation sites excluding steroid dienone is 1. The van der Waals surface area contributed by atoms with E-state index < -0.39 is 10.9 Å². The quantitative estimate of drug-likeness (QED) is 0.484. The van der Waals surface area contributed by atoms with Gasteiger partial charge in [-0.2, -0.15) is 0 Å². The highest BCUT2D eigenvalue weighted by atomic mass is 16.6. The van der Waals surface area contributed by atoms with Crippen LogP contribution in [0.4, 0.5) is 11.4 Å². The van der Waals surface area contributed by atoms with Crippen molar-refractivity contribution < 1.29 is 14.8 Å². The fraction of sp³-hybridized carbons (Fsp3) is 0.308. The first kappa shape index (κ1) is 14.7. The lowest BCUT2D eigenvalue weighted by Gasteiger charge is -2.09. The number of nitro groups is 1. The second kappa shape index (κ2) is 5.99. The Kier molecular flexibility index (Phi) is 4.63. The van der Waals surface area contributed by atoms with E-state index >= 15 is 0 Å². The van der Waals surface area contributed by atoms with Crippen LogP contribution in [-0.4, -0.2) is 22.5 Å². The summed E-state index contributed by atoms with van der Waals surface area (Å²) < 4.78 is 0. The minimum atomic E-state index is -1.19. The molecule has 102 valence electrons. The highest BCUT2D eigenvalue weighted by molar-refractivity contribution is 5.90. The number of hydrogen-bond acceptors (Lipinski definition) is 4. The predicted molar refractivity (Wildman–Crippen MR) is 72.7 cm³/mol. The van der Waals surface area contributed by atoms with Gasteiger partial charge in [0.05, 0.1) is 10.5 Å². The van der Waals surface area contributed by atoms with Crippen LogP contribution in [0.3, 0.4) is 0 Å². The van der Waals surface area contributed by atoms with Crippen LogP contribution in [0.25, 0.3) is 0 Å². The van der Waals surface area contributed by atoms with Crippen LogP contribution in [-0.2, 0) is 0 Å². The van der Waals surface area contributed by atoms with Crippen molar-refractivity contribution in [3.05, 3.63) is 45.0 Å². The van der Waals surface area contributed by atoms with Crippen molar-refractivity contribution in [2.45, 2.75) is 20.8 Å². The van der Waals surface area contributed by atoms with E-state index in [2.05, 4.69) is 5.32 Å². The Morgan fingerprint density at radius 3 is 2.58 bits per heavy atom. The topological polar surface area (TPSA) is 92.5 Å². The maximum absolute atomic E-state index is 11.0. The molecule has 1 aromatic carbocycles. The first-order valence-electron chi connectivity index (χ1n) is 5.72. The zero-order valence-electron chi connectivity index (χ0n) is 11.1. The maximum atomic E-state index is 11.0. The number of hydrogen-bond donors (Lipinski definition) is 2. The number of nitrogens with zero attached hydrogens (tertiary/aromatic N) is 1. The van der Waals surface area contributed by atoms with Crippen molar-refractivity contribution in [1.29, 1.82) is 0 Å². The van der Waals surface area contributed by atoms with Crippen LogP contribution in [0, 0.1) is 17.0 Å². The van der Waals surface area contributed by atoms with Crippen LogP contribution < -0.4 is 5.32 Å². The monoisotopic (exact) mass is 264 g/mol. The number of rotatable bonds is 5. The van der Waals surface area contributed by atoms with Crippen molar-refractivity contribution >= 4 is 17.3 Å². The predicted octanol–water partition coefficient (Wildman–Crippen LogP) is 2.98. The average Bonchev–Trinajstić information content (AvgIpc) is 2.30. The van der Waals surface area contributed by atoms with Gasteiger partial charge in [0.25, 0.3) is 5.69 Å². The van der Waals surface area contributed by atoms with Gasteiger partial charge in [-0.05, 0) is 26.8 Å². The van der Waals surface area contributed by atoms with Gasteiger partial charge in [0.2, 0.25) is 0 Å². The fourth-order valence-corrected chi connectivity index (χ4v) is 1.56.